The molecule has 0 saturated carbocycles. The van der Waals surface area contributed by atoms with Crippen LogP contribution < -0.4 is 10.1 Å². The topological polar surface area (TPSA) is 30.5 Å². The Hall–Kier alpha value is -1.13. The van der Waals surface area contributed by atoms with Crippen LogP contribution in [0.5, 0.6) is 5.75 Å². The summed E-state index contributed by atoms with van der Waals surface area (Å²) in [6.07, 6.45) is 2.53. The molecular weight excluding hydrogens is 233 g/mol. The van der Waals surface area contributed by atoms with E-state index in [-0.39, 0.29) is 11.9 Å². The van der Waals surface area contributed by atoms with Crippen LogP contribution in [0.1, 0.15) is 25.3 Å². The summed E-state index contributed by atoms with van der Waals surface area (Å²) in [5.74, 6) is 0.307. The van der Waals surface area contributed by atoms with Crippen molar-refractivity contribution in [2.45, 2.75) is 38.5 Å². The zero-order valence-corrected chi connectivity index (χ0v) is 10.9. The van der Waals surface area contributed by atoms with Crippen LogP contribution in [-0.4, -0.2) is 25.9 Å². The van der Waals surface area contributed by atoms with E-state index in [1.54, 1.807) is 0 Å². The van der Waals surface area contributed by atoms with Crippen LogP contribution in [-0.2, 0) is 11.3 Å². The molecule has 1 saturated heterocycles. The standard InChI is InChI=1S/C14H20FNO2/c1-10-3-4-13(18-10)9-17-14-6-11(8-16-2)5-12(15)7-14/h5-7,10,13,16H,3-4,8-9H2,1-2H3. The third-order valence-corrected chi connectivity index (χ3v) is 3.07. The fourth-order valence-corrected chi connectivity index (χ4v) is 2.21. The molecule has 3 nitrogen and oxygen atoms in total. The lowest BCUT2D eigenvalue weighted by Gasteiger charge is -2.13. The van der Waals surface area contributed by atoms with Crippen molar-refractivity contribution in [3.63, 3.8) is 0 Å². The van der Waals surface area contributed by atoms with Gasteiger partial charge in [0.25, 0.3) is 0 Å². The number of hydrogen-bond donors (Lipinski definition) is 1. The Balaban J connectivity index is 1.92. The molecule has 0 aliphatic carbocycles. The van der Waals surface area contributed by atoms with Gasteiger partial charge in [0.05, 0.1) is 12.2 Å². The average Bonchev–Trinajstić information content (AvgIpc) is 2.72. The minimum Gasteiger partial charge on any atom is -0.491 e. The number of rotatable bonds is 5. The molecule has 0 radical (unpaired) electrons. The van der Waals surface area contributed by atoms with E-state index >= 15 is 0 Å². The maximum absolute atomic E-state index is 13.4. The third kappa shape index (κ3) is 3.68. The Morgan fingerprint density at radius 2 is 2.22 bits per heavy atom. The van der Waals surface area contributed by atoms with Crippen molar-refractivity contribution in [1.82, 2.24) is 5.32 Å². The number of halogens is 1. The SMILES string of the molecule is CNCc1cc(F)cc(OCC2CCC(C)O2)c1. The third-order valence-electron chi connectivity index (χ3n) is 3.07. The minimum absolute atomic E-state index is 0.135. The molecule has 2 atom stereocenters. The largest absolute Gasteiger partial charge is 0.491 e. The van der Waals surface area contributed by atoms with Crippen LogP contribution in [0.3, 0.4) is 0 Å². The maximum atomic E-state index is 13.4. The molecule has 2 rings (SSSR count). The van der Waals surface area contributed by atoms with Gasteiger partial charge in [-0.1, -0.05) is 0 Å². The van der Waals surface area contributed by atoms with Gasteiger partial charge in [0, 0.05) is 12.6 Å². The molecule has 0 spiro atoms. The molecule has 1 aromatic carbocycles. The van der Waals surface area contributed by atoms with Crippen LogP contribution in [0.4, 0.5) is 4.39 Å². The van der Waals surface area contributed by atoms with Gasteiger partial charge in [-0.2, -0.15) is 0 Å². The lowest BCUT2D eigenvalue weighted by Crippen LogP contribution is -2.18. The highest BCUT2D eigenvalue weighted by atomic mass is 19.1. The van der Waals surface area contributed by atoms with E-state index in [1.807, 2.05) is 13.1 Å². The fourth-order valence-electron chi connectivity index (χ4n) is 2.21. The molecule has 1 heterocycles. The van der Waals surface area contributed by atoms with Gasteiger partial charge in [-0.3, -0.25) is 0 Å². The highest BCUT2D eigenvalue weighted by Gasteiger charge is 2.22. The van der Waals surface area contributed by atoms with E-state index < -0.39 is 0 Å². The number of benzene rings is 1. The molecule has 2 unspecified atom stereocenters. The summed E-state index contributed by atoms with van der Waals surface area (Å²) in [6, 6.07) is 4.78. The lowest BCUT2D eigenvalue weighted by molar-refractivity contribution is 0.0264. The first-order valence-corrected chi connectivity index (χ1v) is 6.39. The molecule has 18 heavy (non-hydrogen) atoms. The molecule has 1 aliphatic heterocycles. The highest BCUT2D eigenvalue weighted by Crippen LogP contribution is 2.21. The molecule has 1 N–H and O–H groups in total. The van der Waals surface area contributed by atoms with Gasteiger partial charge in [0.15, 0.2) is 0 Å². The summed E-state index contributed by atoms with van der Waals surface area (Å²) in [5, 5.41) is 2.99. The molecule has 0 aromatic heterocycles. The van der Waals surface area contributed by atoms with Gasteiger partial charge < -0.3 is 14.8 Å². The number of nitrogens with one attached hydrogen (secondary N) is 1. The first-order valence-electron chi connectivity index (χ1n) is 6.39. The van der Waals surface area contributed by atoms with Crippen molar-refractivity contribution in [1.29, 1.82) is 0 Å². The second kappa shape index (κ2) is 6.16. The molecule has 1 fully saturated rings. The van der Waals surface area contributed by atoms with E-state index in [9.17, 15) is 4.39 Å². The normalized spacial score (nSPS) is 23.3. The van der Waals surface area contributed by atoms with Gasteiger partial charge in [-0.05, 0) is 44.5 Å². The number of ether oxygens (including phenoxy) is 2. The zero-order valence-electron chi connectivity index (χ0n) is 10.9. The molecule has 100 valence electrons. The van der Waals surface area contributed by atoms with E-state index in [4.69, 9.17) is 9.47 Å². The maximum Gasteiger partial charge on any atom is 0.127 e. The van der Waals surface area contributed by atoms with Crippen molar-refractivity contribution in [3.05, 3.63) is 29.6 Å². The van der Waals surface area contributed by atoms with Crippen LogP contribution in [0.25, 0.3) is 0 Å². The predicted molar refractivity (Wildman–Crippen MR) is 68.2 cm³/mol. The first-order chi connectivity index (χ1) is 8.67. The van der Waals surface area contributed by atoms with Gasteiger partial charge in [0.1, 0.15) is 18.2 Å². The van der Waals surface area contributed by atoms with Crippen molar-refractivity contribution < 1.29 is 13.9 Å². The lowest BCUT2D eigenvalue weighted by atomic mass is 10.2. The van der Waals surface area contributed by atoms with Crippen molar-refractivity contribution >= 4 is 0 Å². The van der Waals surface area contributed by atoms with Crippen molar-refractivity contribution in [2.24, 2.45) is 0 Å². The Morgan fingerprint density at radius 1 is 1.39 bits per heavy atom. The van der Waals surface area contributed by atoms with E-state index in [1.165, 1.54) is 12.1 Å². The van der Waals surface area contributed by atoms with Gasteiger partial charge in [-0.15, -0.1) is 0 Å². The molecule has 4 heteroatoms. The second-order valence-corrected chi connectivity index (χ2v) is 4.78. The van der Waals surface area contributed by atoms with Crippen LogP contribution >= 0.6 is 0 Å². The van der Waals surface area contributed by atoms with Crippen LogP contribution in [0.2, 0.25) is 0 Å². The summed E-state index contributed by atoms with van der Waals surface area (Å²) in [6.45, 7) is 3.19. The summed E-state index contributed by atoms with van der Waals surface area (Å²) < 4.78 is 24.6. The minimum atomic E-state index is -0.265. The monoisotopic (exact) mass is 253 g/mol. The molecule has 1 aliphatic rings. The van der Waals surface area contributed by atoms with Gasteiger partial charge >= 0.3 is 0 Å². The van der Waals surface area contributed by atoms with Crippen LogP contribution in [0, 0.1) is 5.82 Å². The highest BCUT2D eigenvalue weighted by molar-refractivity contribution is 5.29. The van der Waals surface area contributed by atoms with E-state index in [2.05, 4.69) is 12.2 Å². The smallest absolute Gasteiger partial charge is 0.127 e. The van der Waals surface area contributed by atoms with Crippen molar-refractivity contribution in [3.8, 4) is 5.75 Å². The molecular formula is C14H20FNO2. The zero-order chi connectivity index (χ0) is 13.0. The summed E-state index contributed by atoms with van der Waals surface area (Å²) >= 11 is 0. The van der Waals surface area contributed by atoms with Crippen LogP contribution in [0.15, 0.2) is 18.2 Å². The Kier molecular flexibility index (Phi) is 4.55. The Morgan fingerprint density at radius 3 is 2.89 bits per heavy atom. The van der Waals surface area contributed by atoms with E-state index in [0.29, 0.717) is 25.0 Å². The van der Waals surface area contributed by atoms with Gasteiger partial charge in [0.2, 0.25) is 0 Å². The fraction of sp³-hybridized carbons (Fsp3) is 0.571. The quantitative estimate of drug-likeness (QED) is 0.874. The van der Waals surface area contributed by atoms with Gasteiger partial charge in [-0.25, -0.2) is 4.39 Å². The van der Waals surface area contributed by atoms with E-state index in [0.717, 1.165) is 18.4 Å². The average molecular weight is 253 g/mol. The summed E-state index contributed by atoms with van der Waals surface area (Å²) in [4.78, 5) is 0. The number of hydrogen-bond acceptors (Lipinski definition) is 3. The second-order valence-electron chi connectivity index (χ2n) is 4.78. The predicted octanol–water partition coefficient (Wildman–Crippen LogP) is 2.49. The molecule has 0 amide bonds. The summed E-state index contributed by atoms with van der Waals surface area (Å²) in [7, 11) is 1.83. The summed E-state index contributed by atoms with van der Waals surface area (Å²) in [5.41, 5.74) is 0.883. The Bertz CT molecular complexity index is 397. The Labute approximate surface area is 107 Å². The van der Waals surface area contributed by atoms with Crippen molar-refractivity contribution in [2.75, 3.05) is 13.7 Å². The molecule has 0 bridgehead atoms. The first kappa shape index (κ1) is 13.3. The molecule has 1 aromatic rings.